The summed E-state index contributed by atoms with van der Waals surface area (Å²) in [6.07, 6.45) is 8.89. The molecule has 3 aromatic rings. The number of aryl methyl sites for hydroxylation is 1. The van der Waals surface area contributed by atoms with E-state index in [4.69, 9.17) is 5.26 Å². The number of nitriles is 1. The maximum atomic E-state index is 11.7. The van der Waals surface area contributed by atoms with Crippen LogP contribution in [0.15, 0.2) is 48.7 Å². The predicted molar refractivity (Wildman–Crippen MR) is 155 cm³/mol. The van der Waals surface area contributed by atoms with Crippen LogP contribution >= 0.6 is 0 Å². The fraction of sp³-hybridized carbons (Fsp3) is 0.500. The molecule has 38 heavy (non-hydrogen) atoms. The van der Waals surface area contributed by atoms with Crippen molar-refractivity contribution in [2.75, 3.05) is 26.2 Å². The van der Waals surface area contributed by atoms with E-state index in [2.05, 4.69) is 51.8 Å². The smallest absolute Gasteiger partial charge is 0.251 e. The average molecular weight is 514 g/mol. The van der Waals surface area contributed by atoms with Gasteiger partial charge in [-0.05, 0) is 105 Å². The first-order chi connectivity index (χ1) is 18.1. The Morgan fingerprint density at radius 1 is 1.11 bits per heavy atom. The highest BCUT2D eigenvalue weighted by Gasteiger charge is 2.29. The molecule has 0 radical (unpaired) electrons. The van der Waals surface area contributed by atoms with Gasteiger partial charge < -0.3 is 15.6 Å². The Morgan fingerprint density at radius 2 is 1.87 bits per heavy atom. The Kier molecular flexibility index (Phi) is 9.60. The van der Waals surface area contributed by atoms with E-state index < -0.39 is 0 Å². The number of H-pyrrole nitrogens is 1. The third-order valence-electron chi connectivity index (χ3n) is 8.10. The monoisotopic (exact) mass is 513 g/mol. The number of carbonyl (C=O) groups excluding carboxylic acids is 1. The number of aromatic amines is 1. The fourth-order valence-corrected chi connectivity index (χ4v) is 5.77. The van der Waals surface area contributed by atoms with E-state index in [1.54, 1.807) is 11.1 Å². The molecule has 202 valence electrons. The molecule has 6 heteroatoms. The van der Waals surface area contributed by atoms with Crippen LogP contribution in [0.2, 0.25) is 0 Å². The molecule has 6 nitrogen and oxygen atoms in total. The molecular weight excluding hydrogens is 470 g/mol. The summed E-state index contributed by atoms with van der Waals surface area (Å²) in [5.41, 5.74) is 6.56. The van der Waals surface area contributed by atoms with Gasteiger partial charge in [0.15, 0.2) is 0 Å². The highest BCUT2D eigenvalue weighted by Crippen LogP contribution is 2.44. The third-order valence-corrected chi connectivity index (χ3v) is 8.10. The van der Waals surface area contributed by atoms with Crippen molar-refractivity contribution in [3.63, 3.8) is 0 Å². The zero-order valence-electron chi connectivity index (χ0n) is 21.9. The van der Waals surface area contributed by atoms with Crippen LogP contribution in [0, 0.1) is 24.2 Å². The lowest BCUT2D eigenvalue weighted by Gasteiger charge is -2.31. The first-order valence-electron chi connectivity index (χ1n) is 13.9. The molecule has 1 unspecified atom stereocenters. The Hall–Kier alpha value is -3.14. The maximum absolute atomic E-state index is 11.7. The van der Waals surface area contributed by atoms with Gasteiger partial charge in [0.05, 0.1) is 6.07 Å². The summed E-state index contributed by atoms with van der Waals surface area (Å²) in [6, 6.07) is 16.6. The van der Waals surface area contributed by atoms with Gasteiger partial charge in [0.25, 0.3) is 5.91 Å². The van der Waals surface area contributed by atoms with Gasteiger partial charge in [-0.25, -0.2) is 0 Å². The molecule has 3 heterocycles. The van der Waals surface area contributed by atoms with Gasteiger partial charge in [-0.3, -0.25) is 9.69 Å². The highest BCUT2D eigenvalue weighted by atomic mass is 16.1. The third kappa shape index (κ3) is 6.83. The number of hydrogen-bond donors (Lipinski definition) is 3. The number of hydrogen-bond acceptors (Lipinski definition) is 4. The van der Waals surface area contributed by atoms with Gasteiger partial charge >= 0.3 is 0 Å². The number of amides is 1. The molecule has 1 atom stereocenters. The summed E-state index contributed by atoms with van der Waals surface area (Å²) >= 11 is 0. The molecule has 3 aliphatic rings. The zero-order valence-corrected chi connectivity index (χ0v) is 21.9. The van der Waals surface area contributed by atoms with Crippen molar-refractivity contribution in [1.82, 2.24) is 20.5 Å². The van der Waals surface area contributed by atoms with E-state index in [-0.39, 0.29) is 13.3 Å². The van der Waals surface area contributed by atoms with Crippen LogP contribution in [0.1, 0.15) is 78.9 Å². The minimum Gasteiger partial charge on any atom is -0.361 e. The van der Waals surface area contributed by atoms with Crippen LogP contribution in [-0.4, -0.2) is 48.0 Å². The number of benzene rings is 2. The lowest BCUT2D eigenvalue weighted by Crippen LogP contribution is -2.36. The molecular formula is C32H43N5O. The molecule has 2 aliphatic heterocycles. The molecule has 6 rings (SSSR count). The van der Waals surface area contributed by atoms with Crippen molar-refractivity contribution in [2.24, 2.45) is 5.92 Å². The fourth-order valence-electron chi connectivity index (χ4n) is 5.77. The van der Waals surface area contributed by atoms with Gasteiger partial charge in [0.1, 0.15) is 0 Å². The Bertz CT molecular complexity index is 1230. The quantitative estimate of drug-likeness (QED) is 0.384. The number of nitrogens with one attached hydrogen (secondary N) is 3. The van der Waals surface area contributed by atoms with Gasteiger partial charge in [-0.2, -0.15) is 5.26 Å². The lowest BCUT2D eigenvalue weighted by molar-refractivity contribution is 0.0940. The highest BCUT2D eigenvalue weighted by molar-refractivity contribution is 5.94. The van der Waals surface area contributed by atoms with E-state index in [0.717, 1.165) is 57.0 Å². The minimum atomic E-state index is 0. The first-order valence-corrected chi connectivity index (χ1v) is 13.9. The average Bonchev–Trinajstić information content (AvgIpc) is 3.40. The van der Waals surface area contributed by atoms with Crippen LogP contribution in [0.3, 0.4) is 0 Å². The van der Waals surface area contributed by atoms with Crippen LogP contribution in [0.25, 0.3) is 10.9 Å². The number of fused-ring (bicyclic) bond motifs is 1. The lowest BCUT2D eigenvalue weighted by atomic mass is 9.92. The SMILES string of the molecule is C.Cc1cc(C2CC2)c(CN2CCC(CC#N)CC2)c2cc[nH]c12.O=C(NC1CCNC1)c1ccccc1. The summed E-state index contributed by atoms with van der Waals surface area (Å²) in [5.74, 6) is 1.43. The Labute approximate surface area is 227 Å². The molecule has 2 saturated heterocycles. The Balaban J connectivity index is 0.000000193. The molecule has 1 amide bonds. The molecule has 2 aromatic carbocycles. The molecule has 3 N–H and O–H groups in total. The molecule has 1 aromatic heterocycles. The number of nitrogens with zero attached hydrogens (tertiary/aromatic N) is 2. The summed E-state index contributed by atoms with van der Waals surface area (Å²) in [6.45, 7) is 7.45. The number of likely N-dealkylation sites (tertiary alicyclic amines) is 1. The van der Waals surface area contributed by atoms with Crippen molar-refractivity contribution in [3.05, 3.63) is 70.9 Å². The van der Waals surface area contributed by atoms with Crippen molar-refractivity contribution < 1.29 is 4.79 Å². The van der Waals surface area contributed by atoms with E-state index in [1.165, 1.54) is 42.1 Å². The minimum absolute atomic E-state index is 0. The normalized spacial score (nSPS) is 19.7. The number of aromatic nitrogens is 1. The van der Waals surface area contributed by atoms with Crippen LogP contribution in [0.5, 0.6) is 0 Å². The van der Waals surface area contributed by atoms with Crippen molar-refractivity contribution in [3.8, 4) is 6.07 Å². The largest absolute Gasteiger partial charge is 0.361 e. The van der Waals surface area contributed by atoms with Gasteiger partial charge in [0, 0.05) is 48.2 Å². The summed E-state index contributed by atoms with van der Waals surface area (Å²) in [7, 11) is 0. The second-order valence-corrected chi connectivity index (χ2v) is 10.9. The predicted octanol–water partition coefficient (Wildman–Crippen LogP) is 5.89. The maximum Gasteiger partial charge on any atom is 0.251 e. The second kappa shape index (κ2) is 13.1. The second-order valence-electron chi connectivity index (χ2n) is 10.9. The molecule has 0 spiro atoms. The number of piperidine rings is 1. The summed E-state index contributed by atoms with van der Waals surface area (Å²) < 4.78 is 0. The number of carbonyl (C=O) groups is 1. The van der Waals surface area contributed by atoms with Crippen LogP contribution < -0.4 is 10.6 Å². The topological polar surface area (TPSA) is 84.0 Å². The van der Waals surface area contributed by atoms with Crippen LogP contribution in [-0.2, 0) is 6.54 Å². The van der Waals surface area contributed by atoms with Gasteiger partial charge in [-0.15, -0.1) is 0 Å². The molecule has 1 saturated carbocycles. The molecule has 3 fully saturated rings. The van der Waals surface area contributed by atoms with E-state index in [1.807, 2.05) is 30.3 Å². The van der Waals surface area contributed by atoms with E-state index >= 15 is 0 Å². The number of rotatable bonds is 6. The molecule has 1 aliphatic carbocycles. The van der Waals surface area contributed by atoms with Gasteiger partial charge in [0.2, 0.25) is 0 Å². The Morgan fingerprint density at radius 3 is 2.53 bits per heavy atom. The van der Waals surface area contributed by atoms with E-state index in [9.17, 15) is 4.79 Å². The van der Waals surface area contributed by atoms with Crippen molar-refractivity contribution in [2.45, 2.75) is 71.4 Å². The summed E-state index contributed by atoms with van der Waals surface area (Å²) in [5, 5.41) is 16.5. The van der Waals surface area contributed by atoms with Crippen molar-refractivity contribution in [1.29, 1.82) is 5.26 Å². The molecule has 0 bridgehead atoms. The standard InChI is InChI=1S/C20H25N3.C11H14N2O.CH4/c1-14-12-18(16-2-3-16)19(17-5-9-22-20(14)17)13-23-10-6-15(4-8-21)7-11-23;14-11(9-4-2-1-3-5-9)13-10-6-7-12-8-10;/h5,9,12,15-16,22H,2-4,6-7,10-11,13H2,1H3;1-5,10,12H,6-8H2,(H,13,14);1H4. The first kappa shape index (κ1) is 27.9. The zero-order chi connectivity index (χ0) is 25.6. The van der Waals surface area contributed by atoms with E-state index in [0.29, 0.717) is 12.0 Å². The van der Waals surface area contributed by atoms with Crippen LogP contribution in [0.4, 0.5) is 0 Å². The van der Waals surface area contributed by atoms with Crippen molar-refractivity contribution >= 4 is 16.8 Å². The van der Waals surface area contributed by atoms with Gasteiger partial charge in [-0.1, -0.05) is 31.7 Å². The summed E-state index contributed by atoms with van der Waals surface area (Å²) in [4.78, 5) is 17.7.